The quantitative estimate of drug-likeness (QED) is 0.0149. The van der Waals surface area contributed by atoms with Crippen LogP contribution in [-0.4, -0.2) is 99.6 Å². The molecule has 6 N–H and O–H groups in total. The largest absolute Gasteiger partial charge is 0.454 e. The molecule has 0 aromatic rings. The summed E-state index contributed by atoms with van der Waals surface area (Å²) in [5, 5.41) is 57.0. The first-order valence-corrected chi connectivity index (χ1v) is 31.8. The van der Waals surface area contributed by atoms with Crippen molar-refractivity contribution in [1.29, 1.82) is 0 Å². The zero-order valence-corrected chi connectivity index (χ0v) is 50.4. The average Bonchev–Trinajstić information content (AvgIpc) is 3.46. The minimum absolute atomic E-state index is 0.0976. The minimum atomic E-state index is -1.63. The first-order chi connectivity index (χ1) is 39.2. The summed E-state index contributed by atoms with van der Waals surface area (Å²) >= 11 is 0. The molecule has 11 heteroatoms. The van der Waals surface area contributed by atoms with Gasteiger partial charge in [-0.3, -0.25) is 9.59 Å². The molecule has 1 aliphatic heterocycles. The van der Waals surface area contributed by atoms with E-state index in [0.29, 0.717) is 12.8 Å². The lowest BCUT2D eigenvalue weighted by Crippen LogP contribution is -2.61. The van der Waals surface area contributed by atoms with Gasteiger partial charge in [0.25, 0.3) is 0 Å². The second kappa shape index (κ2) is 55.6. The summed E-state index contributed by atoms with van der Waals surface area (Å²) in [5.74, 6) is -1.23. The Labute approximate surface area is 487 Å². The topological polar surface area (TPSA) is 175 Å². The Morgan fingerprint density at radius 3 is 1.49 bits per heavy atom. The van der Waals surface area contributed by atoms with Crippen LogP contribution in [0, 0.1) is 0 Å². The minimum Gasteiger partial charge on any atom is -0.454 e. The van der Waals surface area contributed by atoms with Crippen LogP contribution in [0.3, 0.4) is 0 Å². The number of carbonyl (C=O) groups is 2. The Bertz CT molecular complexity index is 1760. The number of carbonyl (C=O) groups excluding carboxylic acids is 2. The van der Waals surface area contributed by atoms with Gasteiger partial charge in [-0.05, 0) is 96.3 Å². The van der Waals surface area contributed by atoms with Gasteiger partial charge in [-0.25, -0.2) is 0 Å². The van der Waals surface area contributed by atoms with Crippen LogP contribution in [0.25, 0.3) is 0 Å². The van der Waals surface area contributed by atoms with E-state index in [0.717, 1.165) is 148 Å². The zero-order valence-electron chi connectivity index (χ0n) is 50.4. The number of aliphatic hydroxyl groups is 5. The van der Waals surface area contributed by atoms with Crippen molar-refractivity contribution < 1.29 is 49.3 Å². The third kappa shape index (κ3) is 42.8. The zero-order chi connectivity index (χ0) is 58.2. The molecule has 0 bridgehead atoms. The number of ether oxygens (including phenoxy) is 3. The molecule has 0 saturated carbocycles. The number of unbranched alkanes of at least 4 members (excludes halogenated alkanes) is 22. The first-order valence-electron chi connectivity index (χ1n) is 31.8. The highest BCUT2D eigenvalue weighted by Gasteiger charge is 2.47. The Morgan fingerprint density at radius 1 is 0.512 bits per heavy atom. The van der Waals surface area contributed by atoms with Crippen molar-refractivity contribution in [3.8, 4) is 0 Å². The second-order valence-electron chi connectivity index (χ2n) is 21.4. The van der Waals surface area contributed by atoms with E-state index in [1.165, 1.54) is 44.9 Å². The molecule has 0 radical (unpaired) electrons. The van der Waals surface area contributed by atoms with E-state index in [-0.39, 0.29) is 19.4 Å². The van der Waals surface area contributed by atoms with Gasteiger partial charge >= 0.3 is 5.97 Å². The van der Waals surface area contributed by atoms with Crippen molar-refractivity contribution in [2.45, 2.75) is 288 Å². The summed E-state index contributed by atoms with van der Waals surface area (Å²) in [7, 11) is 0. The lowest BCUT2D eigenvalue weighted by Gasteiger charge is -2.41. The molecule has 1 fully saturated rings. The van der Waals surface area contributed by atoms with Crippen LogP contribution in [0.1, 0.15) is 239 Å². The van der Waals surface area contributed by atoms with Gasteiger partial charge in [0.2, 0.25) is 5.91 Å². The van der Waals surface area contributed by atoms with Gasteiger partial charge in [0, 0.05) is 6.42 Å². The molecule has 1 saturated heterocycles. The van der Waals surface area contributed by atoms with Crippen LogP contribution < -0.4 is 5.32 Å². The van der Waals surface area contributed by atoms with Gasteiger partial charge in [-0.2, -0.15) is 0 Å². The summed E-state index contributed by atoms with van der Waals surface area (Å²) in [6, 6.07) is -1.04. The summed E-state index contributed by atoms with van der Waals surface area (Å²) in [5.41, 5.74) is 0. The Balaban J connectivity index is 2.64. The predicted molar refractivity (Wildman–Crippen MR) is 333 cm³/mol. The average molecular weight is 1120 g/mol. The molecule has 1 amide bonds. The number of rotatable bonds is 52. The lowest BCUT2D eigenvalue weighted by atomic mass is 9.99. The molecule has 0 aromatic heterocycles. The Hall–Kier alpha value is -3.94. The summed E-state index contributed by atoms with van der Waals surface area (Å²) in [6.07, 6.45) is 66.6. The fourth-order valence-corrected chi connectivity index (χ4v) is 9.18. The van der Waals surface area contributed by atoms with E-state index in [2.05, 4.69) is 123 Å². The van der Waals surface area contributed by atoms with E-state index in [4.69, 9.17) is 14.2 Å². The van der Waals surface area contributed by atoms with Crippen molar-refractivity contribution in [1.82, 2.24) is 5.32 Å². The maximum atomic E-state index is 13.4. The highest BCUT2D eigenvalue weighted by atomic mass is 16.7. The van der Waals surface area contributed by atoms with E-state index in [1.807, 2.05) is 18.2 Å². The number of aliphatic hydroxyl groups excluding tert-OH is 5. The van der Waals surface area contributed by atoms with Gasteiger partial charge in [0.05, 0.1) is 25.4 Å². The molecule has 1 aliphatic rings. The smallest absolute Gasteiger partial charge is 0.306 e. The molecule has 456 valence electrons. The second-order valence-corrected chi connectivity index (χ2v) is 21.4. The van der Waals surface area contributed by atoms with Gasteiger partial charge in [0.1, 0.15) is 24.4 Å². The number of allylic oxidation sites excluding steroid dienone is 19. The maximum Gasteiger partial charge on any atom is 0.306 e. The van der Waals surface area contributed by atoms with Crippen molar-refractivity contribution in [2.24, 2.45) is 0 Å². The standard InChI is InChI=1S/C69H115NO10/c1-4-7-10-13-16-19-22-25-27-28-29-30-31-32-33-34-35-36-37-39-42-45-48-51-54-57-64(74)80-67-66(76)65(75)63(58-71)79-69(67)78-59-60(61(72)55-52-49-46-43-40-24-21-18-15-12-9-6-3)70-68(77)62(73)56-53-50-47-44-41-38-26-23-20-17-14-11-8-5-2/h7-8,10-11,14,16-17,19-20,23,25,27,29-30,32-33,35-36,52,55,60-63,65-67,69,71-73,75-76H,4-6,9,12-13,15,18,21-22,24,26,28,31,34,37-51,53-54,56-59H2,1-3H3,(H,70,77)/b10-7-,11-8+,17-14+,19-16-,23-20+,27-25-,30-29-,33-32-,36-35-,55-52+. The van der Waals surface area contributed by atoms with Crippen LogP contribution >= 0.6 is 0 Å². The number of nitrogens with one attached hydrogen (secondary N) is 1. The normalized spacial score (nSPS) is 19.6. The van der Waals surface area contributed by atoms with Gasteiger partial charge in [-0.15, -0.1) is 0 Å². The van der Waals surface area contributed by atoms with Crippen LogP contribution in [0.15, 0.2) is 122 Å². The summed E-state index contributed by atoms with van der Waals surface area (Å²) in [4.78, 5) is 26.6. The summed E-state index contributed by atoms with van der Waals surface area (Å²) in [6.45, 7) is 5.52. The molecule has 0 spiro atoms. The van der Waals surface area contributed by atoms with E-state index in [9.17, 15) is 35.1 Å². The van der Waals surface area contributed by atoms with E-state index >= 15 is 0 Å². The highest BCUT2D eigenvalue weighted by Crippen LogP contribution is 2.26. The van der Waals surface area contributed by atoms with Crippen molar-refractivity contribution in [3.63, 3.8) is 0 Å². The van der Waals surface area contributed by atoms with Crippen molar-refractivity contribution in [3.05, 3.63) is 122 Å². The van der Waals surface area contributed by atoms with Gasteiger partial charge < -0.3 is 45.1 Å². The molecule has 0 aliphatic carbocycles. The number of hydrogen-bond acceptors (Lipinski definition) is 10. The van der Waals surface area contributed by atoms with Gasteiger partial charge in [-0.1, -0.05) is 258 Å². The van der Waals surface area contributed by atoms with Crippen LogP contribution in [0.2, 0.25) is 0 Å². The van der Waals surface area contributed by atoms with Crippen LogP contribution in [0.4, 0.5) is 0 Å². The third-order valence-corrected chi connectivity index (χ3v) is 14.2. The molecule has 1 rings (SSSR count). The molecule has 1 heterocycles. The predicted octanol–water partition coefficient (Wildman–Crippen LogP) is 15.4. The molecule has 11 nitrogen and oxygen atoms in total. The lowest BCUT2D eigenvalue weighted by molar-refractivity contribution is -0.305. The number of hydrogen-bond donors (Lipinski definition) is 6. The fourth-order valence-electron chi connectivity index (χ4n) is 9.18. The van der Waals surface area contributed by atoms with Crippen LogP contribution in [-0.2, 0) is 23.8 Å². The Morgan fingerprint density at radius 2 is 0.963 bits per heavy atom. The third-order valence-electron chi connectivity index (χ3n) is 14.2. The van der Waals surface area contributed by atoms with Crippen molar-refractivity contribution >= 4 is 11.9 Å². The van der Waals surface area contributed by atoms with Crippen molar-refractivity contribution in [2.75, 3.05) is 13.2 Å². The number of amides is 1. The van der Waals surface area contributed by atoms with Gasteiger partial charge in [0.15, 0.2) is 12.4 Å². The van der Waals surface area contributed by atoms with E-state index < -0.39 is 67.4 Å². The van der Waals surface area contributed by atoms with Crippen LogP contribution in [0.5, 0.6) is 0 Å². The fraction of sp³-hybridized carbons (Fsp3) is 0.681. The first kappa shape index (κ1) is 74.1. The molecular weight excluding hydrogens is 1000 g/mol. The molecule has 8 atom stereocenters. The summed E-state index contributed by atoms with van der Waals surface area (Å²) < 4.78 is 17.6. The monoisotopic (exact) mass is 1120 g/mol. The highest BCUT2D eigenvalue weighted by molar-refractivity contribution is 5.80. The molecular formula is C69H115NO10. The molecule has 8 unspecified atom stereocenters. The molecule has 80 heavy (non-hydrogen) atoms. The Kier molecular flexibility index (Phi) is 51.5. The number of esters is 1. The SMILES string of the molecule is CC/C=C\C/C=C\C/C=C\C/C=C\C/C=C\C/C=C\CCCCCCCCC(=O)OC1C(OCC(NC(=O)C(O)CCCCCCCC/C=C/C=C/C=C/CC)C(O)/C=C/CCCCCCCCCCCC)OC(CO)C(O)C1O. The van der Waals surface area contributed by atoms with E-state index in [1.54, 1.807) is 6.08 Å². The molecule has 0 aromatic carbocycles. The maximum absolute atomic E-state index is 13.4.